The third-order valence-corrected chi connectivity index (χ3v) is 29.0. The summed E-state index contributed by atoms with van der Waals surface area (Å²) in [4.78, 5) is 220. The summed E-state index contributed by atoms with van der Waals surface area (Å²) in [5.41, 5.74) is -0.523. The summed E-state index contributed by atoms with van der Waals surface area (Å²) in [6.45, 7) is 14.2. The van der Waals surface area contributed by atoms with Crippen molar-refractivity contribution in [2.75, 3.05) is 50.2 Å². The highest BCUT2D eigenvalue weighted by Gasteiger charge is 2.49. The molecule has 2 aromatic carbocycles. The SMILES string of the molecule is CCSc1cc2c3c(c(SCC)cc4c3c1C(=O)N([C@@H](CCCNC(=O)[C@H](CSSC(C)(C)C)NC(=O)CC(P(=O)(O)O)P(=O)(O)O)C(=O)NC)C4=O)C(=O)N([C@@H](CCCNC(=O)[C@H](CSSC(C)(C)C)NC(=O)CC(P(=O)(O)O)P(=O)(O)O)C(=O)NC)C2=O. The number of carbonyl (C=O) groups is 10. The standard InChI is InChI=1S/C50H76N8O22P4S6/c1-11-85-31-19-25-38-37-26(46(66)57(47(67)39(31)37)29(43(63)51-9)15-13-17-53-41(61)27(23-87-89-49(3,4)5)55-33(59)21-35(81(69,70)71)82(72,73)74)20-32(86-12-2)40(38)48(68)58(45(25)65)30(44(64)52-10)16-14-18-54-42(62)28(24-88-90-50(6,7)8)56-34(60)22-36(83(75,76)77)84(78,79)80/h19-20,27-30,35-36H,11-18,21-24H2,1-10H3,(H,51,63)(H,52,64)(H,53,61)(H,54,62)(H,55,59)(H,56,60)(H2,69,70,71)(H2,72,73,74)(H2,75,76,77)(H2,78,79,80)/t27-,28-,29-,30-/m0/s1. The lowest BCUT2D eigenvalue weighted by Crippen LogP contribution is -2.55. The van der Waals surface area contributed by atoms with Gasteiger partial charge in [0.2, 0.25) is 35.4 Å². The van der Waals surface area contributed by atoms with E-state index in [-0.39, 0.29) is 114 Å². The number of imide groups is 2. The molecule has 0 aromatic heterocycles. The van der Waals surface area contributed by atoms with E-state index in [4.69, 9.17) is 0 Å². The van der Waals surface area contributed by atoms with E-state index < -0.39 is 137 Å². The first-order valence-corrected chi connectivity index (χ1v) is 40.9. The molecular weight excluding hydrogens is 1380 g/mol. The van der Waals surface area contributed by atoms with Crippen molar-refractivity contribution < 1.29 is 105 Å². The average molecular weight is 1460 g/mol. The molecule has 0 radical (unpaired) electrons. The molecule has 0 spiro atoms. The molecule has 2 aliphatic rings. The Balaban J connectivity index is 1.67. The number of amides is 10. The maximum Gasteiger partial charge on any atom is 0.341 e. The van der Waals surface area contributed by atoms with Crippen LogP contribution in [0.2, 0.25) is 0 Å². The van der Waals surface area contributed by atoms with E-state index >= 15 is 19.2 Å². The van der Waals surface area contributed by atoms with Gasteiger partial charge in [0.15, 0.2) is 10.8 Å². The summed E-state index contributed by atoms with van der Waals surface area (Å²) in [6, 6.07) is -3.18. The van der Waals surface area contributed by atoms with Gasteiger partial charge in [0, 0.05) is 79.9 Å². The average Bonchev–Trinajstić information content (AvgIpc) is 0.786. The normalized spacial score (nSPS) is 15.4. The molecule has 14 N–H and O–H groups in total. The van der Waals surface area contributed by atoms with Crippen molar-refractivity contribution in [1.82, 2.24) is 41.7 Å². The van der Waals surface area contributed by atoms with Gasteiger partial charge in [-0.1, -0.05) is 98.6 Å². The highest BCUT2D eigenvalue weighted by Crippen LogP contribution is 2.62. The first-order chi connectivity index (χ1) is 41.4. The zero-order valence-electron chi connectivity index (χ0n) is 50.5. The number of rotatable bonds is 34. The summed E-state index contributed by atoms with van der Waals surface area (Å²) in [7, 11) is -14.6. The topological polar surface area (TPSA) is 479 Å². The van der Waals surface area contributed by atoms with Gasteiger partial charge in [0.1, 0.15) is 24.2 Å². The number of nitrogens with zero attached hydrogens (tertiary/aromatic N) is 2. The second-order valence-electron chi connectivity index (χ2n) is 22.2. The van der Waals surface area contributed by atoms with Gasteiger partial charge < -0.3 is 71.0 Å². The number of benzene rings is 2. The van der Waals surface area contributed by atoms with Crippen molar-refractivity contribution in [2.24, 2.45) is 0 Å². The van der Waals surface area contributed by atoms with Crippen molar-refractivity contribution in [2.45, 2.75) is 148 Å². The van der Waals surface area contributed by atoms with Gasteiger partial charge >= 0.3 is 30.4 Å². The molecule has 0 saturated carbocycles. The summed E-state index contributed by atoms with van der Waals surface area (Å²) in [6.07, 6.45) is -3.40. The summed E-state index contributed by atoms with van der Waals surface area (Å²) in [5, 5.41) is 9.24. The lowest BCUT2D eigenvalue weighted by atomic mass is 9.84. The number of likely N-dealkylation sites (N-methyl/N-ethyl adjacent to an activating group) is 2. The van der Waals surface area contributed by atoms with Gasteiger partial charge in [-0.2, -0.15) is 0 Å². The van der Waals surface area contributed by atoms with Gasteiger partial charge in [0.05, 0.1) is 24.0 Å². The van der Waals surface area contributed by atoms with Crippen LogP contribution in [0, 0.1) is 0 Å². The predicted molar refractivity (Wildman–Crippen MR) is 346 cm³/mol. The van der Waals surface area contributed by atoms with Gasteiger partial charge in [-0.05, 0) is 49.3 Å². The van der Waals surface area contributed by atoms with E-state index in [0.717, 1.165) is 54.9 Å². The third-order valence-electron chi connectivity index (χ3n) is 13.0. The van der Waals surface area contributed by atoms with Crippen LogP contribution < -0.4 is 31.9 Å². The molecule has 2 heterocycles. The van der Waals surface area contributed by atoms with Crippen LogP contribution in [0.1, 0.15) is 135 Å². The van der Waals surface area contributed by atoms with E-state index in [1.807, 2.05) is 41.5 Å². The van der Waals surface area contributed by atoms with Crippen LogP contribution in [0.4, 0.5) is 0 Å². The van der Waals surface area contributed by atoms with Gasteiger partial charge in [-0.25, -0.2) is 0 Å². The smallest absolute Gasteiger partial charge is 0.341 e. The zero-order valence-corrected chi connectivity index (χ0v) is 59.0. The largest absolute Gasteiger partial charge is 0.357 e. The van der Waals surface area contributed by atoms with E-state index in [1.165, 1.54) is 47.8 Å². The third kappa shape index (κ3) is 21.3. The highest BCUT2D eigenvalue weighted by atomic mass is 33.1. The Morgan fingerprint density at radius 1 is 0.511 bits per heavy atom. The molecule has 0 fully saturated rings. The molecule has 40 heteroatoms. The van der Waals surface area contributed by atoms with Crippen LogP contribution in [-0.4, -0.2) is 203 Å². The molecule has 0 saturated heterocycles. The van der Waals surface area contributed by atoms with E-state index in [2.05, 4.69) is 31.9 Å². The van der Waals surface area contributed by atoms with Crippen LogP contribution in [0.5, 0.6) is 0 Å². The van der Waals surface area contributed by atoms with E-state index in [0.29, 0.717) is 0 Å². The molecular formula is C50H76N8O22P4S6. The Morgan fingerprint density at radius 2 is 0.822 bits per heavy atom. The number of hydrogen-bond acceptors (Lipinski definition) is 20. The Kier molecular flexibility index (Phi) is 28.7. The Bertz CT molecular complexity index is 3060. The van der Waals surface area contributed by atoms with Crippen LogP contribution in [0.25, 0.3) is 10.8 Å². The lowest BCUT2D eigenvalue weighted by molar-refractivity contribution is -0.128. The fourth-order valence-corrected chi connectivity index (χ4v) is 20.5. The van der Waals surface area contributed by atoms with Crippen molar-refractivity contribution in [1.29, 1.82) is 0 Å². The molecule has 0 bridgehead atoms. The number of nitrogens with one attached hydrogen (secondary N) is 6. The molecule has 10 amide bonds. The summed E-state index contributed by atoms with van der Waals surface area (Å²) < 4.78 is 47.0. The monoisotopic (exact) mass is 1460 g/mol. The second-order valence-corrected chi connectivity index (χ2v) is 39.2. The highest BCUT2D eigenvalue weighted by molar-refractivity contribution is 8.77. The number of thioether (sulfide) groups is 2. The quantitative estimate of drug-likeness (QED) is 0.0156. The molecule has 4 atom stereocenters. The number of carbonyl (C=O) groups excluding carboxylic acids is 10. The van der Waals surface area contributed by atoms with Crippen LogP contribution in [0.15, 0.2) is 21.9 Å². The van der Waals surface area contributed by atoms with Crippen molar-refractivity contribution in [3.63, 3.8) is 0 Å². The Hall–Kier alpha value is -3.50. The molecule has 2 aliphatic heterocycles. The molecule has 0 aliphatic carbocycles. The molecule has 4 rings (SSSR count). The molecule has 0 unspecified atom stereocenters. The fourth-order valence-electron chi connectivity index (χ4n) is 9.12. The predicted octanol–water partition coefficient (Wildman–Crippen LogP) is 3.75. The maximum absolute atomic E-state index is 15.1. The van der Waals surface area contributed by atoms with E-state index in [9.17, 15) is 86.2 Å². The maximum atomic E-state index is 15.1. The number of hydrogen-bond donors (Lipinski definition) is 14. The van der Waals surface area contributed by atoms with Crippen LogP contribution in [0.3, 0.4) is 0 Å². The van der Waals surface area contributed by atoms with Crippen molar-refractivity contribution >= 4 is 167 Å². The molecule has 504 valence electrons. The first kappa shape index (κ1) is 78.9. The summed E-state index contributed by atoms with van der Waals surface area (Å²) in [5.74, 6) is -9.34. The van der Waals surface area contributed by atoms with Crippen LogP contribution in [-0.2, 0) is 47.0 Å². The minimum absolute atomic E-state index is 0.0585. The van der Waals surface area contributed by atoms with E-state index in [1.54, 1.807) is 13.8 Å². The van der Waals surface area contributed by atoms with Gasteiger partial charge in [0.25, 0.3) is 23.6 Å². The summed E-state index contributed by atoms with van der Waals surface area (Å²) >= 11 is 2.19. The van der Waals surface area contributed by atoms with Crippen LogP contribution >= 0.6 is 97.1 Å². The minimum Gasteiger partial charge on any atom is -0.357 e. The molecule has 90 heavy (non-hydrogen) atoms. The second kappa shape index (κ2) is 32.8. The van der Waals surface area contributed by atoms with Crippen molar-refractivity contribution in [3.8, 4) is 0 Å². The Morgan fingerprint density at radius 3 is 1.09 bits per heavy atom. The van der Waals surface area contributed by atoms with Gasteiger partial charge in [-0.3, -0.25) is 76.0 Å². The lowest BCUT2D eigenvalue weighted by Gasteiger charge is -2.38. The molecule has 30 nitrogen and oxygen atoms in total. The molecule has 2 aromatic rings. The fraction of sp³-hybridized carbons (Fsp3) is 0.600. The van der Waals surface area contributed by atoms with Gasteiger partial charge in [-0.15, -0.1) is 23.5 Å². The van der Waals surface area contributed by atoms with Crippen molar-refractivity contribution in [3.05, 3.63) is 34.4 Å². The zero-order chi connectivity index (χ0) is 68.4. The minimum atomic E-state index is -5.51. The Labute approximate surface area is 543 Å². The first-order valence-electron chi connectivity index (χ1n) is 27.5.